The quantitative estimate of drug-likeness (QED) is 0.0246. The van der Waals surface area contributed by atoms with Crippen LogP contribution in [0.2, 0.25) is 0 Å². The number of anilines is 1. The number of benzene rings is 3. The molecule has 1 fully saturated rings. The van der Waals surface area contributed by atoms with E-state index in [0.717, 1.165) is 16.8 Å². The second kappa shape index (κ2) is 19.9. The van der Waals surface area contributed by atoms with Crippen molar-refractivity contribution in [1.29, 1.82) is 0 Å². The Kier molecular flexibility index (Phi) is 14.9. The summed E-state index contributed by atoms with van der Waals surface area (Å²) in [5.41, 5.74) is -0.169. The molecule has 332 valence electrons. The highest BCUT2D eigenvalue weighted by molar-refractivity contribution is 7.80. The number of fused-ring (bicyclic) bond motifs is 2. The first-order chi connectivity index (χ1) is 29.4. The molecule has 0 spiro atoms. The van der Waals surface area contributed by atoms with Crippen LogP contribution in [0.3, 0.4) is 0 Å². The van der Waals surface area contributed by atoms with Crippen LogP contribution in [-0.2, 0) is 36.7 Å². The van der Waals surface area contributed by atoms with E-state index in [1.165, 1.54) is 30.3 Å². The predicted octanol–water partition coefficient (Wildman–Crippen LogP) is 1.71. The molecule has 23 nitrogen and oxygen atoms in total. The van der Waals surface area contributed by atoms with E-state index in [1.807, 2.05) is 4.98 Å². The summed E-state index contributed by atoms with van der Waals surface area (Å²) in [6.07, 6.45) is -5.49. The van der Waals surface area contributed by atoms with Crippen molar-refractivity contribution in [2.75, 3.05) is 51.5 Å². The fourth-order valence-electron chi connectivity index (χ4n) is 6.18. The molecule has 1 aliphatic carbocycles. The number of carbonyl (C=O) groups is 1. The fraction of sp³-hybridized carbons (Fsp3) is 0.306. The molecule has 62 heavy (non-hydrogen) atoms. The number of aromatic hydroxyl groups is 1. The largest absolute Gasteiger partial charge is 0.508 e. The minimum atomic E-state index is -5.31. The lowest BCUT2D eigenvalue weighted by Gasteiger charge is -2.19. The van der Waals surface area contributed by atoms with Gasteiger partial charge < -0.3 is 59.5 Å². The number of phenols is 1. The average molecular weight is 925 g/mol. The Balaban J connectivity index is 0.885. The van der Waals surface area contributed by atoms with Crippen molar-refractivity contribution < 1.29 is 76.1 Å². The van der Waals surface area contributed by atoms with Crippen molar-refractivity contribution >= 4 is 55.6 Å². The van der Waals surface area contributed by atoms with Crippen molar-refractivity contribution in [3.8, 4) is 28.2 Å². The second-order valence-corrected chi connectivity index (χ2v) is 16.7. The number of aliphatic hydroxyl groups is 2. The zero-order valence-corrected chi connectivity index (χ0v) is 34.5. The van der Waals surface area contributed by atoms with Gasteiger partial charge in [0.05, 0.1) is 45.2 Å². The van der Waals surface area contributed by atoms with Gasteiger partial charge in [-0.1, -0.05) is 6.07 Å². The smallest absolute Gasteiger partial charge is 0.481 e. The first-order valence-corrected chi connectivity index (χ1v) is 21.6. The van der Waals surface area contributed by atoms with Gasteiger partial charge in [-0.25, -0.2) is 18.7 Å². The summed E-state index contributed by atoms with van der Waals surface area (Å²) < 4.78 is 60.6. The summed E-state index contributed by atoms with van der Waals surface area (Å²) >= 11 is 5.34. The second-order valence-electron chi connectivity index (χ2n) is 13.2. The fourth-order valence-corrected chi connectivity index (χ4v) is 8.46. The first kappa shape index (κ1) is 46.3. The number of phenolic OH excluding ortho intramolecular Hbond substituents is 1. The Morgan fingerprint density at radius 3 is 2.32 bits per heavy atom. The van der Waals surface area contributed by atoms with Crippen LogP contribution >= 0.6 is 27.9 Å². The summed E-state index contributed by atoms with van der Waals surface area (Å²) in [6.45, 7) is -1.30. The van der Waals surface area contributed by atoms with Gasteiger partial charge in [-0.15, -0.1) is 0 Å². The Morgan fingerprint density at radius 1 is 0.871 bits per heavy atom. The van der Waals surface area contributed by atoms with E-state index in [9.17, 15) is 58.5 Å². The van der Waals surface area contributed by atoms with E-state index in [-0.39, 0.29) is 66.2 Å². The van der Waals surface area contributed by atoms with E-state index in [2.05, 4.69) is 24.0 Å². The van der Waals surface area contributed by atoms with Crippen LogP contribution in [0.15, 0.2) is 85.7 Å². The Hall–Kier alpha value is -5.17. The van der Waals surface area contributed by atoms with E-state index in [4.69, 9.17) is 30.8 Å². The minimum absolute atomic E-state index is 0.00953. The van der Waals surface area contributed by atoms with E-state index in [1.54, 1.807) is 24.3 Å². The number of ether oxygens (including phenoxy) is 3. The third-order valence-electron chi connectivity index (χ3n) is 8.91. The normalized spacial score (nSPS) is 19.5. The number of hydrogen-bond acceptors (Lipinski definition) is 17. The van der Waals surface area contributed by atoms with Gasteiger partial charge in [-0.3, -0.25) is 28.2 Å². The molecular formula is C36H38N4O19P2S. The molecule has 0 amide bonds. The van der Waals surface area contributed by atoms with Gasteiger partial charge in [0, 0.05) is 53.1 Å². The van der Waals surface area contributed by atoms with Crippen molar-refractivity contribution in [3.63, 3.8) is 0 Å². The highest BCUT2D eigenvalue weighted by Gasteiger charge is 2.46. The van der Waals surface area contributed by atoms with Gasteiger partial charge >= 0.3 is 27.3 Å². The van der Waals surface area contributed by atoms with Crippen molar-refractivity contribution in [3.05, 3.63) is 103 Å². The molecule has 2 aliphatic heterocycles. The lowest BCUT2D eigenvalue weighted by molar-refractivity contribution is -0.0543. The molecule has 6 atom stereocenters. The highest BCUT2D eigenvalue weighted by Crippen LogP contribution is 2.60. The number of aromatic amines is 1. The summed E-state index contributed by atoms with van der Waals surface area (Å²) in [4.78, 5) is 69.6. The molecule has 1 aromatic heterocycles. The SMILES string of the molecule is O=C(O)c1cc(NC(=S)NCCOCCOCCOP(=O)(O)OP(=O)(O)OC[C@H]2O[C@@H](n3ccc(=O)[nH]c3=O)[C@H](O)[C@@H]2O)ccc1-c1c2ccc(=O)cc-2oc2cc(O)ccc12. The van der Waals surface area contributed by atoms with Gasteiger partial charge in [-0.2, -0.15) is 4.31 Å². The molecule has 1 saturated heterocycles. The van der Waals surface area contributed by atoms with Crippen LogP contribution in [-0.4, -0.2) is 115 Å². The third-order valence-corrected chi connectivity index (χ3v) is 11.8. The van der Waals surface area contributed by atoms with Crippen LogP contribution in [0.4, 0.5) is 5.69 Å². The van der Waals surface area contributed by atoms with Crippen molar-refractivity contribution in [2.24, 2.45) is 0 Å². The number of carboxylic acids is 1. The number of hydrogen-bond donors (Lipinski definition) is 9. The summed E-state index contributed by atoms with van der Waals surface area (Å²) in [5, 5.41) is 47.2. The van der Waals surface area contributed by atoms with Crippen LogP contribution in [0, 0.1) is 0 Å². The maximum Gasteiger partial charge on any atom is 0.481 e. The van der Waals surface area contributed by atoms with Gasteiger partial charge in [0.25, 0.3) is 5.56 Å². The highest BCUT2D eigenvalue weighted by atomic mass is 32.1. The summed E-state index contributed by atoms with van der Waals surface area (Å²) in [7, 11) is -10.5. The van der Waals surface area contributed by atoms with Crippen LogP contribution < -0.4 is 27.3 Å². The molecule has 3 aliphatic rings. The number of H-pyrrole nitrogens is 1. The molecule has 3 aromatic rings. The maximum absolute atomic E-state index is 12.5. The number of rotatable bonds is 19. The molecule has 2 unspecified atom stereocenters. The number of carboxylic acid groups (broad SMARTS) is 1. The van der Waals surface area contributed by atoms with Crippen molar-refractivity contribution in [2.45, 2.75) is 24.5 Å². The number of thiocarbonyl (C=S) groups is 1. The van der Waals surface area contributed by atoms with Gasteiger partial charge in [0.2, 0.25) is 0 Å². The van der Waals surface area contributed by atoms with Gasteiger partial charge in [-0.05, 0) is 54.2 Å². The van der Waals surface area contributed by atoms with Crippen LogP contribution in [0.5, 0.6) is 5.75 Å². The number of nitrogens with one attached hydrogen (secondary N) is 3. The summed E-state index contributed by atoms with van der Waals surface area (Å²) in [6, 6.07) is 14.2. The van der Waals surface area contributed by atoms with Gasteiger partial charge in [0.15, 0.2) is 16.8 Å². The molecule has 3 heterocycles. The van der Waals surface area contributed by atoms with Crippen molar-refractivity contribution in [1.82, 2.24) is 14.9 Å². The lowest BCUT2D eigenvalue weighted by Crippen LogP contribution is -2.37. The van der Waals surface area contributed by atoms with Crippen LogP contribution in [0.1, 0.15) is 16.6 Å². The number of nitrogens with zero attached hydrogens (tertiary/aromatic N) is 1. The molecule has 9 N–H and O–H groups in total. The number of aromatic nitrogens is 2. The zero-order chi connectivity index (χ0) is 44.8. The van der Waals surface area contributed by atoms with E-state index < -0.39 is 70.6 Å². The first-order valence-electron chi connectivity index (χ1n) is 18.2. The minimum Gasteiger partial charge on any atom is -0.508 e. The summed E-state index contributed by atoms with van der Waals surface area (Å²) in [5.74, 6) is -1.10. The number of aliphatic hydroxyl groups excluding tert-OH is 2. The number of aromatic carboxylic acids is 1. The Morgan fingerprint density at radius 2 is 1.58 bits per heavy atom. The molecule has 0 saturated carbocycles. The van der Waals surface area contributed by atoms with E-state index in [0.29, 0.717) is 27.8 Å². The number of phosphoric acid groups is 2. The molecule has 6 rings (SSSR count). The third kappa shape index (κ3) is 11.6. The molecule has 26 heteroatoms. The Labute approximate surface area is 353 Å². The zero-order valence-electron chi connectivity index (χ0n) is 31.9. The topological polar surface area (TPSA) is 337 Å². The number of phosphoric ester groups is 2. The lowest BCUT2D eigenvalue weighted by atomic mass is 9.90. The van der Waals surface area contributed by atoms with E-state index >= 15 is 0 Å². The molecule has 2 aromatic carbocycles. The van der Waals surface area contributed by atoms with Crippen LogP contribution in [0.25, 0.3) is 33.4 Å². The Bertz CT molecular complexity index is 2690. The average Bonchev–Trinajstić information content (AvgIpc) is 3.48. The maximum atomic E-state index is 12.5. The molecular weight excluding hydrogens is 886 g/mol. The predicted molar refractivity (Wildman–Crippen MR) is 219 cm³/mol. The standard InChI is InChI=1S/C36H38N4O19P2S/c41-20-2-5-23-26(16-20)57-27-17-21(42)3-6-24(27)30(23)22-4-1-19(15-25(22)34(46)47)38-35(62)37-8-10-53-11-12-54-13-14-55-60(49,50)59-61(51,52)56-18-28-31(44)32(45)33(58-28)40-9-7-29(43)39-36(40)48/h1-7,9,15-17,28,31-33,41,44-45H,8,10-14,18H2,(H,46,47)(H,49,50)(H,51,52)(H2,37,38,62)(H,39,43,48)/t28-,31-,32-,33-/m1/s1. The molecule has 0 bridgehead atoms. The molecule has 0 radical (unpaired) electrons. The van der Waals surface area contributed by atoms with Gasteiger partial charge in [0.1, 0.15) is 35.4 Å². The monoisotopic (exact) mass is 924 g/mol.